The van der Waals surface area contributed by atoms with E-state index < -0.39 is 11.9 Å². The van der Waals surface area contributed by atoms with Gasteiger partial charge in [-0.1, -0.05) is 76.8 Å². The predicted octanol–water partition coefficient (Wildman–Crippen LogP) is 6.93. The Labute approximate surface area is 208 Å². The number of carbonyl (C=O) groups is 3. The molecular formula is C29H38O6. The number of carbonyl (C=O) groups excluding carboxylic acids is 1. The molecule has 0 saturated carbocycles. The van der Waals surface area contributed by atoms with Gasteiger partial charge in [0.25, 0.3) is 0 Å². The van der Waals surface area contributed by atoms with Gasteiger partial charge in [0.15, 0.2) is 5.78 Å². The van der Waals surface area contributed by atoms with Crippen LogP contribution in [0.3, 0.4) is 0 Å². The molecule has 6 heteroatoms. The fourth-order valence-corrected chi connectivity index (χ4v) is 4.03. The number of rotatable bonds is 18. The first-order valence-electron chi connectivity index (χ1n) is 12.8. The molecule has 0 saturated heterocycles. The number of ketones is 1. The van der Waals surface area contributed by atoms with Crippen LogP contribution in [0.5, 0.6) is 5.75 Å². The van der Waals surface area contributed by atoms with Gasteiger partial charge in [-0.2, -0.15) is 0 Å². The topological polar surface area (TPSA) is 101 Å². The van der Waals surface area contributed by atoms with Crippen LogP contribution >= 0.6 is 0 Å². The summed E-state index contributed by atoms with van der Waals surface area (Å²) in [5.41, 5.74) is 1.35. The second-order valence-electron chi connectivity index (χ2n) is 8.96. The Morgan fingerprint density at radius 1 is 0.743 bits per heavy atom. The molecule has 190 valence electrons. The van der Waals surface area contributed by atoms with Crippen molar-refractivity contribution in [2.45, 2.75) is 84.0 Å². The lowest BCUT2D eigenvalue weighted by molar-refractivity contribution is -0.136. The first kappa shape index (κ1) is 28.1. The van der Waals surface area contributed by atoms with Crippen LogP contribution in [0.1, 0.15) is 109 Å². The van der Waals surface area contributed by atoms with Crippen LogP contribution in [-0.2, 0) is 11.2 Å². The maximum Gasteiger partial charge on any atom is 0.335 e. The number of hydrogen-bond acceptors (Lipinski definition) is 4. The molecule has 0 heterocycles. The van der Waals surface area contributed by atoms with Crippen molar-refractivity contribution in [2.24, 2.45) is 0 Å². The first-order valence-corrected chi connectivity index (χ1v) is 12.8. The highest BCUT2D eigenvalue weighted by Gasteiger charge is 2.15. The van der Waals surface area contributed by atoms with Gasteiger partial charge < -0.3 is 14.9 Å². The average molecular weight is 483 g/mol. The largest absolute Gasteiger partial charge is 0.493 e. The third-order valence-corrected chi connectivity index (χ3v) is 6.06. The highest BCUT2D eigenvalue weighted by molar-refractivity contribution is 6.10. The molecule has 0 aliphatic carbocycles. The van der Waals surface area contributed by atoms with E-state index in [-0.39, 0.29) is 29.8 Å². The molecule has 35 heavy (non-hydrogen) atoms. The molecule has 2 aromatic rings. The van der Waals surface area contributed by atoms with Crippen LogP contribution in [0, 0.1) is 0 Å². The van der Waals surface area contributed by atoms with Crippen molar-refractivity contribution in [1.82, 2.24) is 0 Å². The average Bonchev–Trinajstić information content (AvgIpc) is 2.86. The Morgan fingerprint density at radius 3 is 1.97 bits per heavy atom. The van der Waals surface area contributed by atoms with Gasteiger partial charge in [-0.15, -0.1) is 0 Å². The van der Waals surface area contributed by atoms with Gasteiger partial charge in [-0.25, -0.2) is 4.79 Å². The molecule has 0 aliphatic heterocycles. The quantitative estimate of drug-likeness (QED) is 0.176. The predicted molar refractivity (Wildman–Crippen MR) is 137 cm³/mol. The number of aromatic carboxylic acids is 1. The van der Waals surface area contributed by atoms with Crippen molar-refractivity contribution in [2.75, 3.05) is 6.61 Å². The van der Waals surface area contributed by atoms with Gasteiger partial charge in [0, 0.05) is 17.5 Å². The molecule has 0 radical (unpaired) electrons. The van der Waals surface area contributed by atoms with E-state index in [1.165, 1.54) is 69.6 Å². The molecule has 2 aromatic carbocycles. The number of hydrogen-bond donors (Lipinski definition) is 2. The van der Waals surface area contributed by atoms with E-state index >= 15 is 0 Å². The second kappa shape index (κ2) is 15.7. The number of unbranched alkanes of at least 4 members (excludes halogenated alkanes) is 9. The van der Waals surface area contributed by atoms with Gasteiger partial charge in [0.05, 0.1) is 12.2 Å². The smallest absolute Gasteiger partial charge is 0.335 e. The van der Waals surface area contributed by atoms with Crippen molar-refractivity contribution < 1.29 is 29.3 Å². The summed E-state index contributed by atoms with van der Waals surface area (Å²) in [4.78, 5) is 35.3. The van der Waals surface area contributed by atoms with Gasteiger partial charge in [0.2, 0.25) is 0 Å². The fourth-order valence-electron chi connectivity index (χ4n) is 4.03. The van der Waals surface area contributed by atoms with Crippen molar-refractivity contribution in [3.63, 3.8) is 0 Å². The zero-order valence-electron chi connectivity index (χ0n) is 20.8. The van der Waals surface area contributed by atoms with Crippen molar-refractivity contribution >= 4 is 17.7 Å². The third-order valence-electron chi connectivity index (χ3n) is 6.06. The Balaban J connectivity index is 1.91. The highest BCUT2D eigenvalue weighted by Crippen LogP contribution is 2.24. The van der Waals surface area contributed by atoms with E-state index in [0.717, 1.165) is 12.8 Å². The van der Waals surface area contributed by atoms with Crippen LogP contribution in [-0.4, -0.2) is 34.5 Å². The van der Waals surface area contributed by atoms with E-state index in [4.69, 9.17) is 9.84 Å². The fraction of sp³-hybridized carbons (Fsp3) is 0.483. The molecule has 6 nitrogen and oxygen atoms in total. The lowest BCUT2D eigenvalue weighted by Gasteiger charge is -2.13. The normalized spacial score (nSPS) is 10.8. The Hall–Kier alpha value is -3.15. The molecule has 2 rings (SSSR count). The highest BCUT2D eigenvalue weighted by atomic mass is 16.5. The number of carboxylic acids is 2. The minimum absolute atomic E-state index is 0.0402. The summed E-state index contributed by atoms with van der Waals surface area (Å²) >= 11 is 0. The van der Waals surface area contributed by atoms with Crippen LogP contribution < -0.4 is 4.74 Å². The molecule has 0 fully saturated rings. The van der Waals surface area contributed by atoms with Crippen LogP contribution in [0.15, 0.2) is 42.5 Å². The summed E-state index contributed by atoms with van der Waals surface area (Å²) in [5.74, 6) is -1.74. The van der Waals surface area contributed by atoms with E-state index in [1.807, 2.05) is 0 Å². The molecule has 2 N–H and O–H groups in total. The summed E-state index contributed by atoms with van der Waals surface area (Å²) in [5, 5.41) is 18.3. The van der Waals surface area contributed by atoms with Gasteiger partial charge in [0.1, 0.15) is 5.75 Å². The summed E-state index contributed by atoms with van der Waals surface area (Å²) in [6.45, 7) is 2.78. The zero-order valence-corrected chi connectivity index (χ0v) is 20.8. The minimum Gasteiger partial charge on any atom is -0.493 e. The summed E-state index contributed by atoms with van der Waals surface area (Å²) in [7, 11) is 0. The van der Waals surface area contributed by atoms with Crippen LogP contribution in [0.4, 0.5) is 0 Å². The molecule has 0 spiro atoms. The first-order chi connectivity index (χ1) is 16.9. The molecule has 0 unspecified atom stereocenters. The van der Waals surface area contributed by atoms with E-state index in [1.54, 1.807) is 24.3 Å². The molecule has 0 atom stereocenters. The molecular weight excluding hydrogens is 444 g/mol. The van der Waals surface area contributed by atoms with Crippen molar-refractivity contribution in [1.29, 1.82) is 0 Å². The van der Waals surface area contributed by atoms with Crippen molar-refractivity contribution in [3.8, 4) is 5.75 Å². The molecule has 0 aromatic heterocycles. The SMILES string of the molecule is CCCCCCCCCCCCOc1ccc(C(=O)c2cccc(C(=O)O)c2)cc1CCC(=O)O. The number of aliphatic carboxylic acids is 1. The Kier molecular flexibility index (Phi) is 12.6. The second-order valence-corrected chi connectivity index (χ2v) is 8.96. The third kappa shape index (κ3) is 10.3. The van der Waals surface area contributed by atoms with Gasteiger partial charge in [-0.3, -0.25) is 9.59 Å². The number of benzene rings is 2. The summed E-state index contributed by atoms with van der Waals surface area (Å²) < 4.78 is 5.95. The zero-order chi connectivity index (χ0) is 25.5. The lowest BCUT2D eigenvalue weighted by atomic mass is 9.98. The maximum atomic E-state index is 12.9. The molecule has 0 aliphatic rings. The summed E-state index contributed by atoms with van der Waals surface area (Å²) in [6, 6.07) is 10.9. The number of ether oxygens (including phenoxy) is 1. The van der Waals surface area contributed by atoms with Crippen LogP contribution in [0.25, 0.3) is 0 Å². The Bertz CT molecular complexity index is 965. The standard InChI is InChI=1S/C29H38O6/c1-2-3-4-5-6-7-8-9-10-11-19-35-26-17-15-24(20-22(26)16-18-27(30)31)28(32)23-13-12-14-25(21-23)29(33)34/h12-15,17,20-21H,2-11,16,18-19H2,1H3,(H,30,31)(H,33,34). The van der Waals surface area contributed by atoms with Gasteiger partial charge in [-0.05, 0) is 48.7 Å². The molecule has 0 bridgehead atoms. The van der Waals surface area contributed by atoms with E-state index in [9.17, 15) is 19.5 Å². The number of aryl methyl sites for hydroxylation is 1. The minimum atomic E-state index is -1.10. The maximum absolute atomic E-state index is 12.9. The number of carboxylic acid groups (broad SMARTS) is 2. The van der Waals surface area contributed by atoms with Crippen molar-refractivity contribution in [3.05, 3.63) is 64.7 Å². The van der Waals surface area contributed by atoms with E-state index in [2.05, 4.69) is 6.92 Å². The van der Waals surface area contributed by atoms with Crippen LogP contribution in [0.2, 0.25) is 0 Å². The Morgan fingerprint density at radius 2 is 1.34 bits per heavy atom. The molecule has 0 amide bonds. The monoisotopic (exact) mass is 482 g/mol. The lowest BCUT2D eigenvalue weighted by Crippen LogP contribution is -2.07. The summed E-state index contributed by atoms with van der Waals surface area (Å²) in [6.07, 6.45) is 12.5. The van der Waals surface area contributed by atoms with E-state index in [0.29, 0.717) is 23.5 Å². The van der Waals surface area contributed by atoms with Gasteiger partial charge >= 0.3 is 11.9 Å².